The lowest BCUT2D eigenvalue weighted by atomic mass is 9.94. The van der Waals surface area contributed by atoms with Crippen LogP contribution in [0, 0.1) is 5.82 Å². The number of benzene rings is 2. The molecule has 1 aromatic heterocycles. The van der Waals surface area contributed by atoms with Crippen LogP contribution >= 0.6 is 0 Å². The zero-order valence-corrected chi connectivity index (χ0v) is 19.1. The van der Waals surface area contributed by atoms with Crippen molar-refractivity contribution < 1.29 is 27.5 Å². The van der Waals surface area contributed by atoms with Crippen LogP contribution in [0.5, 0.6) is 0 Å². The van der Waals surface area contributed by atoms with Crippen LogP contribution in [0.25, 0.3) is 0 Å². The van der Waals surface area contributed by atoms with Crippen LogP contribution in [0.3, 0.4) is 0 Å². The number of aromatic nitrogens is 2. The van der Waals surface area contributed by atoms with Crippen molar-refractivity contribution in [1.29, 1.82) is 0 Å². The van der Waals surface area contributed by atoms with Gasteiger partial charge in [0.05, 0.1) is 28.8 Å². The minimum atomic E-state index is -4.97. The summed E-state index contributed by atoms with van der Waals surface area (Å²) in [4.78, 5) is 34.9. The van der Waals surface area contributed by atoms with Gasteiger partial charge < -0.3 is 15.0 Å². The normalized spacial score (nSPS) is 17.8. The van der Waals surface area contributed by atoms with Crippen molar-refractivity contribution in [3.05, 3.63) is 98.5 Å². The van der Waals surface area contributed by atoms with Gasteiger partial charge in [0.1, 0.15) is 11.6 Å². The first-order chi connectivity index (χ1) is 17.1. The van der Waals surface area contributed by atoms with Crippen LogP contribution in [0.1, 0.15) is 59.1 Å². The number of hydrogen-bond donors (Lipinski definition) is 2. The molecule has 1 amide bonds. The number of H-pyrrole nitrogens is 1. The van der Waals surface area contributed by atoms with Crippen LogP contribution in [0.15, 0.2) is 53.3 Å². The smallest absolute Gasteiger partial charge is 0.378 e. The molecule has 1 unspecified atom stereocenters. The molecule has 2 heterocycles. The van der Waals surface area contributed by atoms with E-state index in [-0.39, 0.29) is 24.1 Å². The number of nitrogens with zero attached hydrogens (tertiary/aromatic N) is 2. The standard InChI is InChI=1S/C26H23F4N3O3/c27-20-16(8-4-9-18(20)26(28,29)30)21(34)23(36)33-13-5-10-19-17(14-33)22(35)32-24(31-19)25(11-12-25)15-6-2-1-3-7-15/h1-4,6-9,21,34H,5,10-14H2,(H,31,32,35). The summed E-state index contributed by atoms with van der Waals surface area (Å²) in [5.74, 6) is -2.10. The van der Waals surface area contributed by atoms with E-state index in [2.05, 4.69) is 4.98 Å². The Balaban J connectivity index is 1.42. The van der Waals surface area contributed by atoms with E-state index in [0.29, 0.717) is 30.4 Å². The van der Waals surface area contributed by atoms with Crippen molar-refractivity contribution in [2.24, 2.45) is 0 Å². The molecule has 1 atom stereocenters. The summed E-state index contributed by atoms with van der Waals surface area (Å²) in [5, 5.41) is 10.5. The van der Waals surface area contributed by atoms with Gasteiger partial charge in [0.15, 0.2) is 6.10 Å². The van der Waals surface area contributed by atoms with Gasteiger partial charge in [-0.2, -0.15) is 13.2 Å². The first kappa shape index (κ1) is 24.2. The number of alkyl halides is 3. The number of hydrogen-bond acceptors (Lipinski definition) is 4. The number of amides is 1. The lowest BCUT2D eigenvalue weighted by molar-refractivity contribution is -0.143. The molecule has 0 radical (unpaired) electrons. The van der Waals surface area contributed by atoms with E-state index in [4.69, 9.17) is 4.98 Å². The number of halogens is 4. The minimum Gasteiger partial charge on any atom is -0.378 e. The van der Waals surface area contributed by atoms with Crippen LogP contribution in [0.2, 0.25) is 0 Å². The molecule has 2 aliphatic rings. The topological polar surface area (TPSA) is 86.3 Å². The molecule has 188 valence electrons. The SMILES string of the molecule is O=C(C(O)c1cccc(C(F)(F)F)c1F)N1CCCc2nc(C3(c4ccccc4)CC3)[nH]c(=O)c2C1. The summed E-state index contributed by atoms with van der Waals surface area (Å²) in [5.41, 5.74) is -1.22. The molecule has 6 nitrogen and oxygen atoms in total. The van der Waals surface area contributed by atoms with E-state index in [1.165, 1.54) is 0 Å². The summed E-state index contributed by atoms with van der Waals surface area (Å²) in [6.45, 7) is -0.0573. The Morgan fingerprint density at radius 2 is 1.83 bits per heavy atom. The third-order valence-electron chi connectivity index (χ3n) is 7.00. The fourth-order valence-corrected chi connectivity index (χ4v) is 4.87. The average Bonchev–Trinajstić information content (AvgIpc) is 3.68. The van der Waals surface area contributed by atoms with Gasteiger partial charge in [0.25, 0.3) is 11.5 Å². The predicted molar refractivity (Wildman–Crippen MR) is 121 cm³/mol. The number of nitrogens with one attached hydrogen (secondary N) is 1. The quantitative estimate of drug-likeness (QED) is 0.529. The molecular formula is C26H23F4N3O3. The molecule has 10 heteroatoms. The van der Waals surface area contributed by atoms with Crippen molar-refractivity contribution in [1.82, 2.24) is 14.9 Å². The van der Waals surface area contributed by atoms with Crippen molar-refractivity contribution in [2.45, 2.75) is 49.9 Å². The van der Waals surface area contributed by atoms with E-state index in [1.54, 1.807) is 0 Å². The fourth-order valence-electron chi connectivity index (χ4n) is 4.87. The highest BCUT2D eigenvalue weighted by molar-refractivity contribution is 5.82. The number of aryl methyl sites for hydroxylation is 1. The molecule has 0 saturated heterocycles. The fraction of sp³-hybridized carbons (Fsp3) is 0.346. The van der Waals surface area contributed by atoms with Gasteiger partial charge in [-0.1, -0.05) is 42.5 Å². The summed E-state index contributed by atoms with van der Waals surface area (Å²) >= 11 is 0. The molecular weight excluding hydrogens is 478 g/mol. The highest BCUT2D eigenvalue weighted by Crippen LogP contribution is 2.52. The van der Waals surface area contributed by atoms with Crippen molar-refractivity contribution in [3.8, 4) is 0 Å². The molecule has 36 heavy (non-hydrogen) atoms. The third-order valence-corrected chi connectivity index (χ3v) is 7.00. The van der Waals surface area contributed by atoms with E-state index in [0.717, 1.165) is 35.4 Å². The van der Waals surface area contributed by atoms with Gasteiger partial charge >= 0.3 is 6.18 Å². The number of carbonyl (C=O) groups excluding carboxylic acids is 1. The first-order valence-electron chi connectivity index (χ1n) is 11.6. The molecule has 1 fully saturated rings. The monoisotopic (exact) mass is 501 g/mol. The van der Waals surface area contributed by atoms with Gasteiger partial charge in [0, 0.05) is 12.1 Å². The van der Waals surface area contributed by atoms with Gasteiger partial charge in [-0.3, -0.25) is 9.59 Å². The highest BCUT2D eigenvalue weighted by atomic mass is 19.4. The maximum Gasteiger partial charge on any atom is 0.419 e. The molecule has 3 aromatic rings. The average molecular weight is 501 g/mol. The Morgan fingerprint density at radius 1 is 1.11 bits per heavy atom. The highest BCUT2D eigenvalue weighted by Gasteiger charge is 2.48. The second-order valence-corrected chi connectivity index (χ2v) is 9.26. The van der Waals surface area contributed by atoms with E-state index < -0.39 is 40.7 Å². The molecule has 0 spiro atoms. The van der Waals surface area contributed by atoms with E-state index in [9.17, 15) is 32.3 Å². The molecule has 1 aliphatic carbocycles. The summed E-state index contributed by atoms with van der Waals surface area (Å²) in [7, 11) is 0. The number of rotatable bonds is 4. The molecule has 2 N–H and O–H groups in total. The second-order valence-electron chi connectivity index (χ2n) is 9.26. The second kappa shape index (κ2) is 8.85. The number of aromatic amines is 1. The third kappa shape index (κ3) is 4.19. The molecule has 5 rings (SSSR count). The Kier molecular flexibility index (Phi) is 5.94. The Labute approximate surface area is 203 Å². The number of carbonyl (C=O) groups is 1. The van der Waals surface area contributed by atoms with Gasteiger partial charge in [-0.15, -0.1) is 0 Å². The lowest BCUT2D eigenvalue weighted by Crippen LogP contribution is -2.37. The number of aliphatic hydroxyl groups is 1. The molecule has 1 saturated carbocycles. The van der Waals surface area contributed by atoms with Crippen molar-refractivity contribution in [2.75, 3.05) is 6.54 Å². The molecule has 2 aromatic carbocycles. The Hall–Kier alpha value is -3.53. The minimum absolute atomic E-state index is 0.130. The predicted octanol–water partition coefficient (Wildman–Crippen LogP) is 4.02. The Bertz CT molecular complexity index is 1370. The van der Waals surface area contributed by atoms with Crippen LogP contribution in [-0.2, 0) is 29.4 Å². The van der Waals surface area contributed by atoms with E-state index >= 15 is 0 Å². The first-order valence-corrected chi connectivity index (χ1v) is 11.6. The maximum atomic E-state index is 14.5. The molecule has 1 aliphatic heterocycles. The Morgan fingerprint density at radius 3 is 2.50 bits per heavy atom. The summed E-state index contributed by atoms with van der Waals surface area (Å²) < 4.78 is 53.8. The zero-order chi connectivity index (χ0) is 25.7. The van der Waals surface area contributed by atoms with Crippen LogP contribution in [0.4, 0.5) is 17.6 Å². The number of fused-ring (bicyclic) bond motifs is 1. The van der Waals surface area contributed by atoms with Crippen molar-refractivity contribution >= 4 is 5.91 Å². The maximum absolute atomic E-state index is 14.5. The van der Waals surface area contributed by atoms with Gasteiger partial charge in [-0.05, 0) is 37.3 Å². The van der Waals surface area contributed by atoms with Crippen molar-refractivity contribution in [3.63, 3.8) is 0 Å². The molecule has 0 bridgehead atoms. The lowest BCUT2D eigenvalue weighted by Gasteiger charge is -2.24. The summed E-state index contributed by atoms with van der Waals surface area (Å²) in [6.07, 6.45) is -4.59. The van der Waals surface area contributed by atoms with E-state index in [1.807, 2.05) is 30.3 Å². The largest absolute Gasteiger partial charge is 0.419 e. The summed E-state index contributed by atoms with van der Waals surface area (Å²) in [6, 6.07) is 12.2. The number of aliphatic hydroxyl groups excluding tert-OH is 1. The van der Waals surface area contributed by atoms with Gasteiger partial charge in [-0.25, -0.2) is 9.37 Å². The van der Waals surface area contributed by atoms with Crippen LogP contribution in [-0.4, -0.2) is 32.4 Å². The zero-order valence-electron chi connectivity index (χ0n) is 19.1. The van der Waals surface area contributed by atoms with Crippen LogP contribution < -0.4 is 5.56 Å². The van der Waals surface area contributed by atoms with Gasteiger partial charge in [0.2, 0.25) is 0 Å².